The molecule has 5 N–H and O–H groups in total. The van der Waals surface area contributed by atoms with Gasteiger partial charge in [-0.1, -0.05) is 22.5 Å². The Hall–Kier alpha value is -1.03. The van der Waals surface area contributed by atoms with Gasteiger partial charge in [-0.15, -0.1) is 5.84 Å². The molecule has 7 nitrogen and oxygen atoms in total. The molecular formula is C15H27N4O3S+. The number of quaternary nitrogens is 1. The number of nitrogens with zero attached hydrogens (tertiary/aromatic N) is 1. The lowest BCUT2D eigenvalue weighted by atomic mass is 10.1. The zero-order valence-corrected chi connectivity index (χ0v) is 15.1. The van der Waals surface area contributed by atoms with Crippen LogP contribution in [0.4, 0.5) is 0 Å². The highest BCUT2D eigenvalue weighted by molar-refractivity contribution is 7.86. The summed E-state index contributed by atoms with van der Waals surface area (Å²) < 4.78 is 30.4. The largest absolute Gasteiger partial charge is 0.345 e. The summed E-state index contributed by atoms with van der Waals surface area (Å²) in [5.41, 5.74) is 8.36. The van der Waals surface area contributed by atoms with E-state index in [2.05, 4.69) is 5.32 Å². The van der Waals surface area contributed by atoms with E-state index in [0.717, 1.165) is 5.56 Å². The van der Waals surface area contributed by atoms with Crippen LogP contribution in [0.5, 0.6) is 0 Å². The minimum absolute atomic E-state index is 0.143. The highest BCUT2D eigenvalue weighted by Crippen LogP contribution is 2.28. The van der Waals surface area contributed by atoms with Gasteiger partial charge in [-0.2, -0.15) is 8.42 Å². The van der Waals surface area contributed by atoms with Crippen LogP contribution >= 0.6 is 0 Å². The molecule has 0 amide bonds. The number of aryl methyl sites for hydroxylation is 3. The Bertz CT molecular complexity index is 670. The maximum absolute atomic E-state index is 12.8. The molecule has 1 aromatic carbocycles. The predicted molar refractivity (Wildman–Crippen MR) is 88.0 cm³/mol. The predicted octanol–water partition coefficient (Wildman–Crippen LogP) is 0.935. The fourth-order valence-corrected chi connectivity index (χ4v) is 4.86. The van der Waals surface area contributed by atoms with Crippen LogP contribution in [0.1, 0.15) is 37.0 Å². The lowest BCUT2D eigenvalue weighted by Gasteiger charge is -2.43. The van der Waals surface area contributed by atoms with Gasteiger partial charge in [0, 0.05) is 19.4 Å². The van der Waals surface area contributed by atoms with Crippen LogP contribution < -0.4 is 16.9 Å². The van der Waals surface area contributed by atoms with Crippen molar-refractivity contribution < 1.29 is 17.5 Å². The van der Waals surface area contributed by atoms with Crippen LogP contribution in [-0.2, 0) is 14.4 Å². The first-order valence-electron chi connectivity index (χ1n) is 7.70. The van der Waals surface area contributed by atoms with Crippen molar-refractivity contribution in [3.63, 3.8) is 0 Å². The normalized spacial score (nSPS) is 32.0. The summed E-state index contributed by atoms with van der Waals surface area (Å²) in [4.78, 5) is 0.157. The zero-order valence-electron chi connectivity index (χ0n) is 14.3. The van der Waals surface area contributed by atoms with Crippen molar-refractivity contribution in [3.8, 4) is 0 Å². The first-order chi connectivity index (χ1) is 10.5. The van der Waals surface area contributed by atoms with Crippen molar-refractivity contribution in [1.29, 1.82) is 0 Å². The Kier molecular flexibility index (Phi) is 4.87. The van der Waals surface area contributed by atoms with E-state index >= 15 is 0 Å². The fourth-order valence-electron chi connectivity index (χ4n) is 3.30. The third-order valence-corrected chi connectivity index (χ3v) is 5.92. The molecule has 1 aromatic rings. The molecule has 1 fully saturated rings. The van der Waals surface area contributed by atoms with Gasteiger partial charge in [0.15, 0.2) is 12.3 Å². The highest BCUT2D eigenvalue weighted by Gasteiger charge is 2.49. The van der Waals surface area contributed by atoms with Gasteiger partial charge in [0.05, 0.1) is 0 Å². The van der Waals surface area contributed by atoms with Gasteiger partial charge >= 0.3 is 10.1 Å². The molecule has 0 aliphatic carbocycles. The van der Waals surface area contributed by atoms with Gasteiger partial charge in [0.25, 0.3) is 0 Å². The van der Waals surface area contributed by atoms with Crippen molar-refractivity contribution in [2.45, 2.75) is 64.3 Å². The average Bonchev–Trinajstić information content (AvgIpc) is 2.33. The molecular weight excluding hydrogens is 316 g/mol. The summed E-state index contributed by atoms with van der Waals surface area (Å²) in [6.45, 7) is 9.15. The summed E-state index contributed by atoms with van der Waals surface area (Å²) in [7, 11) is -4.05. The van der Waals surface area contributed by atoms with Crippen molar-refractivity contribution in [2.24, 2.45) is 11.6 Å². The molecule has 23 heavy (non-hydrogen) atoms. The van der Waals surface area contributed by atoms with Crippen molar-refractivity contribution in [3.05, 3.63) is 28.8 Å². The van der Waals surface area contributed by atoms with Crippen molar-refractivity contribution in [1.82, 2.24) is 5.32 Å². The van der Waals surface area contributed by atoms with Crippen LogP contribution in [0.2, 0.25) is 0 Å². The van der Waals surface area contributed by atoms with Gasteiger partial charge in [-0.25, -0.2) is 0 Å². The Labute approximate surface area is 138 Å². The first-order valence-corrected chi connectivity index (χ1v) is 9.11. The topological polar surface area (TPSA) is 107 Å². The molecule has 0 bridgehead atoms. The Morgan fingerprint density at radius 3 is 2.22 bits per heavy atom. The second kappa shape index (κ2) is 6.12. The molecule has 1 heterocycles. The number of benzene rings is 1. The Balaban J connectivity index is 2.42. The first kappa shape index (κ1) is 18.3. The molecule has 8 heteroatoms. The number of rotatable bonds is 3. The molecule has 4 atom stereocenters. The van der Waals surface area contributed by atoms with Crippen molar-refractivity contribution >= 4 is 10.1 Å². The van der Waals surface area contributed by atoms with E-state index in [-0.39, 0.29) is 10.9 Å². The third kappa shape index (κ3) is 3.42. The molecule has 1 saturated heterocycles. The SMILES string of the molecule is Cc1cc(C)c(S(=O)(=O)O[N+]2(N)C(N)CC(C)NC2C)c(C)c1. The second-order valence-electron chi connectivity index (χ2n) is 6.57. The maximum Gasteiger partial charge on any atom is 0.345 e. The molecule has 2 rings (SSSR count). The summed E-state index contributed by atoms with van der Waals surface area (Å²) in [5, 5.41) is 3.19. The molecule has 0 aromatic heterocycles. The molecule has 0 saturated carbocycles. The quantitative estimate of drug-likeness (QED) is 0.557. The average molecular weight is 343 g/mol. The zero-order chi connectivity index (χ0) is 17.6. The van der Waals surface area contributed by atoms with Crippen LogP contribution in [0.25, 0.3) is 0 Å². The van der Waals surface area contributed by atoms with Crippen LogP contribution in [-0.4, -0.2) is 31.5 Å². The van der Waals surface area contributed by atoms with Gasteiger partial charge in [-0.05, 0) is 43.1 Å². The minimum Gasteiger partial charge on any atom is -0.277 e. The smallest absolute Gasteiger partial charge is 0.277 e. The molecule has 1 aliphatic heterocycles. The Morgan fingerprint density at radius 2 is 1.74 bits per heavy atom. The van der Waals surface area contributed by atoms with E-state index in [0.29, 0.717) is 17.5 Å². The summed E-state index contributed by atoms with van der Waals surface area (Å²) in [6, 6.07) is 3.76. The number of nitrogens with two attached hydrogens (primary N) is 2. The number of nitrogens with one attached hydrogen (secondary N) is 1. The highest BCUT2D eigenvalue weighted by atomic mass is 32.2. The minimum atomic E-state index is -4.05. The summed E-state index contributed by atoms with van der Waals surface area (Å²) in [5.74, 6) is 6.21. The van der Waals surface area contributed by atoms with Crippen LogP contribution in [0.15, 0.2) is 17.0 Å². The van der Waals surface area contributed by atoms with Gasteiger partial charge in [0.1, 0.15) is 4.90 Å². The van der Waals surface area contributed by atoms with E-state index in [9.17, 15) is 8.42 Å². The number of hydrogen-bond acceptors (Lipinski definition) is 6. The van der Waals surface area contributed by atoms with E-state index in [1.165, 1.54) is 0 Å². The summed E-state index contributed by atoms with van der Waals surface area (Å²) in [6.07, 6.45) is -0.570. The Morgan fingerprint density at radius 1 is 1.22 bits per heavy atom. The van der Waals surface area contributed by atoms with Crippen molar-refractivity contribution in [2.75, 3.05) is 0 Å². The molecule has 0 spiro atoms. The number of hydroxylamine groups is 2. The maximum atomic E-state index is 12.8. The van der Waals surface area contributed by atoms with Gasteiger partial charge in [0.2, 0.25) is 0 Å². The molecule has 0 radical (unpaired) electrons. The lowest BCUT2D eigenvalue weighted by molar-refractivity contribution is -1.13. The van der Waals surface area contributed by atoms with Gasteiger partial charge < -0.3 is 0 Å². The van der Waals surface area contributed by atoms with E-state index < -0.39 is 27.2 Å². The monoisotopic (exact) mass is 343 g/mol. The molecule has 1 aliphatic rings. The fraction of sp³-hybridized carbons (Fsp3) is 0.600. The van der Waals surface area contributed by atoms with Crippen LogP contribution in [0.3, 0.4) is 0 Å². The molecule has 4 unspecified atom stereocenters. The second-order valence-corrected chi connectivity index (χ2v) is 8.03. The van der Waals surface area contributed by atoms with E-state index in [4.69, 9.17) is 15.9 Å². The van der Waals surface area contributed by atoms with E-state index in [1.54, 1.807) is 20.8 Å². The third-order valence-electron chi connectivity index (χ3n) is 4.33. The standard InChI is InChI=1S/C15H27N4O3S/c1-9-6-10(2)15(11(3)7-9)23(20,21)22-19(17)13(5)18-12(4)8-14(19)16/h6-7,12-14,18H,8,16-17H2,1-5H3/q+1. The number of hydrogen-bond donors (Lipinski definition) is 3. The molecule has 130 valence electrons. The van der Waals surface area contributed by atoms with Crippen LogP contribution in [0, 0.1) is 20.8 Å². The van der Waals surface area contributed by atoms with E-state index in [1.807, 2.05) is 26.0 Å². The lowest BCUT2D eigenvalue weighted by Crippen LogP contribution is -2.76. The van der Waals surface area contributed by atoms with Gasteiger partial charge in [-0.3, -0.25) is 11.1 Å². The summed E-state index contributed by atoms with van der Waals surface area (Å²) >= 11 is 0.